The van der Waals surface area contributed by atoms with Gasteiger partial charge in [0.15, 0.2) is 0 Å². The van der Waals surface area contributed by atoms with Crippen LogP contribution in [-0.2, 0) is 9.09 Å². The maximum absolute atomic E-state index is 10.9. The third kappa shape index (κ3) is 4.02. The molecule has 1 saturated heterocycles. The van der Waals surface area contributed by atoms with E-state index in [0.717, 1.165) is 0 Å². The minimum Gasteiger partial charge on any atom is -0.313 e. The van der Waals surface area contributed by atoms with Gasteiger partial charge < -0.3 is 15.0 Å². The van der Waals surface area contributed by atoms with Gasteiger partial charge in [0, 0.05) is 11.1 Å². The van der Waals surface area contributed by atoms with E-state index in [4.69, 9.17) is 14.3 Å². The predicted octanol–water partition coefficient (Wildman–Crippen LogP) is 1.90. The van der Waals surface area contributed by atoms with Gasteiger partial charge in [-0.25, -0.2) is 4.57 Å². The van der Waals surface area contributed by atoms with E-state index in [-0.39, 0.29) is 0 Å². The number of phosphoric ester groups is 1. The van der Waals surface area contributed by atoms with Crippen LogP contribution >= 0.6 is 7.82 Å². The van der Waals surface area contributed by atoms with Gasteiger partial charge in [-0.15, -0.1) is 0 Å². The van der Waals surface area contributed by atoms with Gasteiger partial charge in [0.05, 0.1) is 6.10 Å². The molecular formula is C10H22NO5P. The summed E-state index contributed by atoms with van der Waals surface area (Å²) < 4.78 is 15.6. The largest absolute Gasteiger partial charge is 0.469 e. The molecule has 102 valence electrons. The summed E-state index contributed by atoms with van der Waals surface area (Å²) in [5, 5.41) is 11.4. The summed E-state index contributed by atoms with van der Waals surface area (Å²) >= 11 is 0. The van der Waals surface area contributed by atoms with Crippen LogP contribution in [0.3, 0.4) is 0 Å². The highest BCUT2D eigenvalue weighted by molar-refractivity contribution is 7.46. The molecule has 0 bridgehead atoms. The van der Waals surface area contributed by atoms with Crippen LogP contribution in [0.2, 0.25) is 0 Å². The molecule has 0 spiro atoms. The molecule has 1 fully saturated rings. The van der Waals surface area contributed by atoms with Gasteiger partial charge in [-0.3, -0.25) is 4.52 Å². The van der Waals surface area contributed by atoms with Crippen molar-refractivity contribution in [2.24, 2.45) is 0 Å². The van der Waals surface area contributed by atoms with Crippen molar-refractivity contribution in [1.82, 2.24) is 5.06 Å². The minimum absolute atomic E-state index is 0.373. The second-order valence-electron chi connectivity index (χ2n) is 5.90. The summed E-state index contributed by atoms with van der Waals surface area (Å²) in [7, 11) is -4.47. The molecule has 0 aromatic rings. The fraction of sp³-hybridized carbons (Fsp3) is 1.00. The second-order valence-corrected chi connectivity index (χ2v) is 7.09. The van der Waals surface area contributed by atoms with E-state index in [1.54, 1.807) is 0 Å². The van der Waals surface area contributed by atoms with Crippen LogP contribution in [0, 0.1) is 0 Å². The molecule has 0 radical (unpaired) electrons. The van der Waals surface area contributed by atoms with E-state index in [1.807, 2.05) is 27.7 Å². The molecule has 0 amide bonds. The Bertz CT molecular complexity index is 325. The van der Waals surface area contributed by atoms with Gasteiger partial charge in [0.1, 0.15) is 0 Å². The summed E-state index contributed by atoms with van der Waals surface area (Å²) in [5.74, 6) is 0. The zero-order valence-electron chi connectivity index (χ0n) is 10.8. The molecule has 1 aliphatic rings. The third-order valence-corrected chi connectivity index (χ3v) is 3.81. The Morgan fingerprint density at radius 2 is 1.76 bits per heavy atom. The number of rotatable bonds is 2. The molecule has 0 saturated carbocycles. The molecule has 0 aromatic carbocycles. The van der Waals surface area contributed by atoms with E-state index in [9.17, 15) is 9.77 Å². The summed E-state index contributed by atoms with van der Waals surface area (Å²) in [5.41, 5.74) is -1.02. The molecule has 17 heavy (non-hydrogen) atoms. The first-order chi connectivity index (χ1) is 7.44. The summed E-state index contributed by atoms with van der Waals surface area (Å²) in [6.45, 7) is 7.45. The first-order valence-electron chi connectivity index (χ1n) is 5.67. The van der Waals surface area contributed by atoms with E-state index in [1.165, 1.54) is 5.06 Å². The van der Waals surface area contributed by atoms with Gasteiger partial charge in [-0.1, -0.05) is 0 Å². The van der Waals surface area contributed by atoms with Crippen molar-refractivity contribution < 1.29 is 24.1 Å². The number of hydrogen-bond donors (Lipinski definition) is 3. The fourth-order valence-electron chi connectivity index (χ4n) is 2.47. The zero-order valence-corrected chi connectivity index (χ0v) is 11.6. The predicted molar refractivity (Wildman–Crippen MR) is 62.6 cm³/mol. The van der Waals surface area contributed by atoms with Gasteiger partial charge in [-0.2, -0.15) is 5.06 Å². The lowest BCUT2D eigenvalue weighted by Crippen LogP contribution is -2.52. The molecule has 1 atom stereocenters. The number of phosphoric acid groups is 1. The van der Waals surface area contributed by atoms with E-state index >= 15 is 0 Å². The fourth-order valence-corrected chi connectivity index (χ4v) is 3.04. The molecule has 3 N–H and O–H groups in total. The van der Waals surface area contributed by atoms with Crippen LogP contribution in [0.15, 0.2) is 0 Å². The van der Waals surface area contributed by atoms with Crippen molar-refractivity contribution in [3.05, 3.63) is 0 Å². The summed E-state index contributed by atoms with van der Waals surface area (Å²) in [4.78, 5) is 17.7. The monoisotopic (exact) mass is 267 g/mol. The average Bonchev–Trinajstić information content (AvgIpc) is 2.15. The smallest absolute Gasteiger partial charge is 0.313 e. The normalized spacial score (nSPS) is 29.9. The number of hydroxylamine groups is 2. The van der Waals surface area contributed by atoms with Crippen LogP contribution in [0.4, 0.5) is 0 Å². The van der Waals surface area contributed by atoms with Crippen LogP contribution in [0.1, 0.15) is 47.0 Å². The Morgan fingerprint density at radius 1 is 1.24 bits per heavy atom. The Kier molecular flexibility index (Phi) is 4.09. The lowest BCUT2D eigenvalue weighted by atomic mass is 9.95. The lowest BCUT2D eigenvalue weighted by molar-refractivity contribution is -0.222. The zero-order chi connectivity index (χ0) is 13.5. The van der Waals surface area contributed by atoms with Crippen molar-refractivity contribution in [3.63, 3.8) is 0 Å². The molecule has 1 rings (SSSR count). The van der Waals surface area contributed by atoms with Crippen molar-refractivity contribution in [2.45, 2.75) is 64.1 Å². The summed E-state index contributed by atoms with van der Waals surface area (Å²) in [6.07, 6.45) is 0.955. The Morgan fingerprint density at radius 3 is 2.24 bits per heavy atom. The van der Waals surface area contributed by atoms with E-state index < -0.39 is 25.0 Å². The quantitative estimate of drug-likeness (QED) is 0.662. The average molecular weight is 267 g/mol. The topological polar surface area (TPSA) is 90.2 Å². The van der Waals surface area contributed by atoms with Crippen LogP contribution in [0.5, 0.6) is 0 Å². The van der Waals surface area contributed by atoms with Crippen molar-refractivity contribution in [2.75, 3.05) is 0 Å². The maximum Gasteiger partial charge on any atom is 0.469 e. The van der Waals surface area contributed by atoms with Crippen molar-refractivity contribution in [1.29, 1.82) is 0 Å². The molecule has 6 nitrogen and oxygen atoms in total. The minimum atomic E-state index is -4.47. The molecule has 1 aliphatic heterocycles. The van der Waals surface area contributed by atoms with Crippen LogP contribution in [0.25, 0.3) is 0 Å². The molecule has 0 aliphatic carbocycles. The lowest BCUT2D eigenvalue weighted by Gasteiger charge is -2.42. The van der Waals surface area contributed by atoms with Gasteiger partial charge in [-0.05, 0) is 47.0 Å². The Labute approximate surface area is 102 Å². The van der Waals surface area contributed by atoms with Gasteiger partial charge in [0.2, 0.25) is 0 Å². The first-order valence-corrected chi connectivity index (χ1v) is 7.20. The number of nitrogens with zero attached hydrogens (tertiary/aromatic N) is 1. The molecule has 0 aromatic heterocycles. The van der Waals surface area contributed by atoms with Crippen molar-refractivity contribution >= 4 is 7.82 Å². The molecule has 1 unspecified atom stereocenters. The van der Waals surface area contributed by atoms with Gasteiger partial charge >= 0.3 is 7.82 Å². The SMILES string of the molecule is CC1(C)CCC(OP(=O)(O)O)CC(C)(C)N1O. The molecular weight excluding hydrogens is 245 g/mol. The standard InChI is InChI=1S/C10H22NO5P/c1-9(2)6-5-8(16-17(13,14)15)7-10(3,4)11(9)12/h8,12H,5-7H2,1-4H3,(H2,13,14,15). The van der Waals surface area contributed by atoms with Crippen LogP contribution in [-0.4, -0.2) is 37.2 Å². The highest BCUT2D eigenvalue weighted by atomic mass is 31.2. The Balaban J connectivity index is 2.86. The van der Waals surface area contributed by atoms with E-state index in [0.29, 0.717) is 19.3 Å². The first kappa shape index (κ1) is 15.1. The van der Waals surface area contributed by atoms with Gasteiger partial charge in [0.25, 0.3) is 0 Å². The van der Waals surface area contributed by atoms with E-state index in [2.05, 4.69) is 0 Å². The second kappa shape index (κ2) is 4.61. The highest BCUT2D eigenvalue weighted by Crippen LogP contribution is 2.44. The van der Waals surface area contributed by atoms with Crippen LogP contribution < -0.4 is 0 Å². The highest BCUT2D eigenvalue weighted by Gasteiger charge is 2.43. The maximum atomic E-state index is 10.9. The third-order valence-electron chi connectivity index (χ3n) is 3.24. The molecule has 1 heterocycles. The summed E-state index contributed by atoms with van der Waals surface area (Å²) in [6, 6.07) is 0. The van der Waals surface area contributed by atoms with Crippen molar-refractivity contribution in [3.8, 4) is 0 Å². The molecule has 7 heteroatoms. The number of hydrogen-bond acceptors (Lipinski definition) is 4. The Hall–Kier alpha value is 0.0300.